The van der Waals surface area contributed by atoms with E-state index in [0.29, 0.717) is 18.1 Å². The molecule has 0 aliphatic carbocycles. The largest absolute Gasteiger partial charge is 0.370 e. The Morgan fingerprint density at radius 1 is 1.02 bits per heavy atom. The number of piperidine rings is 1. The number of anilines is 2. The Hall–Kier alpha value is -3.49. The number of carbonyl (C=O) groups is 2. The number of aryl methyl sites for hydroxylation is 1. The van der Waals surface area contributed by atoms with Crippen LogP contribution in [0.3, 0.4) is 0 Å². The van der Waals surface area contributed by atoms with E-state index < -0.39 is 0 Å². The minimum absolute atomic E-state index is 0.169. The molecule has 0 saturated carbocycles. The second kappa shape index (κ2) is 11.9. The highest BCUT2D eigenvalue weighted by atomic mass is 16.5. The van der Waals surface area contributed by atoms with Crippen LogP contribution in [0, 0.1) is 12.8 Å². The van der Waals surface area contributed by atoms with Gasteiger partial charge < -0.3 is 15.4 Å². The van der Waals surface area contributed by atoms with E-state index in [1.807, 2.05) is 61.5 Å². The van der Waals surface area contributed by atoms with Crippen molar-refractivity contribution in [2.75, 3.05) is 30.3 Å². The maximum Gasteiger partial charge on any atom is 0.324 e. The lowest BCUT2D eigenvalue weighted by molar-refractivity contribution is -0.130. The minimum Gasteiger partial charge on any atom is -0.370 e. The van der Waals surface area contributed by atoms with Gasteiger partial charge in [-0.25, -0.2) is 9.48 Å². The second-order valence-corrected chi connectivity index (χ2v) is 12.1. The lowest BCUT2D eigenvalue weighted by Crippen LogP contribution is -2.37. The maximum atomic E-state index is 13.6. The first-order valence-corrected chi connectivity index (χ1v) is 14.4. The monoisotopic (exact) mass is 543 g/mol. The molecule has 2 aromatic carbocycles. The highest BCUT2D eigenvalue weighted by Gasteiger charge is 2.37. The van der Waals surface area contributed by atoms with Crippen LogP contribution in [0.25, 0.3) is 5.69 Å². The summed E-state index contributed by atoms with van der Waals surface area (Å²) in [6.45, 7) is 10.8. The Morgan fingerprint density at radius 2 is 1.77 bits per heavy atom. The van der Waals surface area contributed by atoms with Crippen LogP contribution in [0.1, 0.15) is 69.2 Å². The lowest BCUT2D eigenvalue weighted by Gasteiger charge is -2.31. The summed E-state index contributed by atoms with van der Waals surface area (Å²) < 4.78 is 7.56. The molecule has 2 aliphatic rings. The number of nitrogens with zero attached hydrogens (tertiary/aromatic N) is 2. The summed E-state index contributed by atoms with van der Waals surface area (Å²) in [4.78, 5) is 26.9. The molecule has 0 bridgehead atoms. The van der Waals surface area contributed by atoms with Gasteiger partial charge in [-0.05, 0) is 81.4 Å². The molecule has 2 atom stereocenters. The molecule has 3 N–H and O–H groups in total. The summed E-state index contributed by atoms with van der Waals surface area (Å²) in [7, 11) is 0. The van der Waals surface area contributed by atoms with Gasteiger partial charge in [-0.3, -0.25) is 10.1 Å². The van der Waals surface area contributed by atoms with Gasteiger partial charge in [-0.1, -0.05) is 50.6 Å². The normalized spacial score (nSPS) is 18.9. The summed E-state index contributed by atoms with van der Waals surface area (Å²) in [5.74, 6) is 0.764. The number of ketones is 1. The Bertz CT molecular complexity index is 1330. The zero-order valence-corrected chi connectivity index (χ0v) is 24.0. The molecule has 2 saturated heterocycles. The summed E-state index contributed by atoms with van der Waals surface area (Å²) in [6, 6.07) is 17.3. The van der Waals surface area contributed by atoms with Gasteiger partial charge >= 0.3 is 6.03 Å². The van der Waals surface area contributed by atoms with Gasteiger partial charge in [-0.2, -0.15) is 5.10 Å². The predicted octanol–water partition coefficient (Wildman–Crippen LogP) is 5.95. The molecule has 212 valence electrons. The molecule has 5 rings (SSSR count). The Balaban J connectivity index is 1.37. The van der Waals surface area contributed by atoms with E-state index in [1.54, 1.807) is 4.68 Å². The molecule has 8 nitrogen and oxygen atoms in total. The zero-order valence-electron chi connectivity index (χ0n) is 24.0. The molecule has 8 heteroatoms. The SMILES string of the molecule is Cc1ccc(-n2nc(C(C)(C)C)cc2NC(=O)Nc2cccc(C(C(=O)C3CCCO3)C3CCNCC3)c2)cc1. The van der Waals surface area contributed by atoms with E-state index in [9.17, 15) is 9.59 Å². The van der Waals surface area contributed by atoms with Crippen molar-refractivity contribution in [3.8, 4) is 5.69 Å². The predicted molar refractivity (Wildman–Crippen MR) is 158 cm³/mol. The number of aromatic nitrogens is 2. The maximum absolute atomic E-state index is 13.6. The second-order valence-electron chi connectivity index (χ2n) is 12.1. The molecule has 2 amide bonds. The van der Waals surface area contributed by atoms with Gasteiger partial charge in [0.25, 0.3) is 0 Å². The van der Waals surface area contributed by atoms with Gasteiger partial charge in [0.15, 0.2) is 5.78 Å². The van der Waals surface area contributed by atoms with Crippen molar-refractivity contribution in [1.29, 1.82) is 0 Å². The van der Waals surface area contributed by atoms with E-state index in [2.05, 4.69) is 36.7 Å². The van der Waals surface area contributed by atoms with Crippen LogP contribution in [0.15, 0.2) is 54.6 Å². The smallest absolute Gasteiger partial charge is 0.324 e. The lowest BCUT2D eigenvalue weighted by atomic mass is 9.76. The summed E-state index contributed by atoms with van der Waals surface area (Å²) in [6.07, 6.45) is 3.26. The topological polar surface area (TPSA) is 97.3 Å². The fourth-order valence-electron chi connectivity index (χ4n) is 5.66. The number of Topliss-reactive ketones (excluding diaryl/α,β-unsaturated/α-hetero) is 1. The fourth-order valence-corrected chi connectivity index (χ4v) is 5.66. The number of amides is 2. The number of nitrogens with one attached hydrogen (secondary N) is 3. The van der Waals surface area contributed by atoms with Gasteiger partial charge in [-0.15, -0.1) is 0 Å². The van der Waals surface area contributed by atoms with E-state index in [-0.39, 0.29) is 35.2 Å². The van der Waals surface area contributed by atoms with Crippen LogP contribution in [-0.2, 0) is 14.9 Å². The van der Waals surface area contributed by atoms with Crippen molar-refractivity contribution in [2.45, 2.75) is 70.8 Å². The molecule has 40 heavy (non-hydrogen) atoms. The number of hydrogen-bond acceptors (Lipinski definition) is 5. The molecule has 2 unspecified atom stereocenters. The van der Waals surface area contributed by atoms with E-state index in [0.717, 1.165) is 61.3 Å². The molecule has 1 aromatic heterocycles. The van der Waals surface area contributed by atoms with Crippen LogP contribution in [0.5, 0.6) is 0 Å². The van der Waals surface area contributed by atoms with Crippen molar-refractivity contribution in [2.24, 2.45) is 5.92 Å². The van der Waals surface area contributed by atoms with Gasteiger partial charge in [0.2, 0.25) is 0 Å². The molecule has 3 aromatic rings. The number of ether oxygens (including phenoxy) is 1. The Morgan fingerprint density at radius 3 is 2.45 bits per heavy atom. The number of hydrogen-bond donors (Lipinski definition) is 3. The van der Waals surface area contributed by atoms with Crippen LogP contribution < -0.4 is 16.0 Å². The van der Waals surface area contributed by atoms with Crippen molar-refractivity contribution in [3.05, 3.63) is 71.4 Å². The molecule has 3 heterocycles. The van der Waals surface area contributed by atoms with Gasteiger partial charge in [0.1, 0.15) is 11.9 Å². The minimum atomic E-state index is -0.366. The Kier molecular flexibility index (Phi) is 8.38. The first-order chi connectivity index (χ1) is 19.2. The number of benzene rings is 2. The van der Waals surface area contributed by atoms with E-state index in [1.165, 1.54) is 0 Å². The fraction of sp³-hybridized carbons (Fsp3) is 0.469. The Labute approximate surface area is 236 Å². The van der Waals surface area contributed by atoms with E-state index in [4.69, 9.17) is 9.84 Å². The molecule has 2 fully saturated rings. The third-order valence-electron chi connectivity index (χ3n) is 7.91. The number of urea groups is 1. The average molecular weight is 544 g/mol. The average Bonchev–Trinajstić information content (AvgIpc) is 3.61. The number of rotatable bonds is 7. The summed E-state index contributed by atoms with van der Waals surface area (Å²) in [5, 5.41) is 14.2. The van der Waals surface area contributed by atoms with Gasteiger partial charge in [0.05, 0.1) is 11.4 Å². The van der Waals surface area contributed by atoms with Crippen molar-refractivity contribution in [3.63, 3.8) is 0 Å². The molecular formula is C32H41N5O3. The molecule has 0 radical (unpaired) electrons. The third-order valence-corrected chi connectivity index (χ3v) is 7.91. The summed E-state index contributed by atoms with van der Waals surface area (Å²) in [5.41, 5.74) is 4.30. The summed E-state index contributed by atoms with van der Waals surface area (Å²) >= 11 is 0. The van der Waals surface area contributed by atoms with Crippen molar-refractivity contribution < 1.29 is 14.3 Å². The first-order valence-electron chi connectivity index (χ1n) is 14.4. The van der Waals surface area contributed by atoms with Crippen LogP contribution >= 0.6 is 0 Å². The van der Waals surface area contributed by atoms with Crippen LogP contribution in [0.4, 0.5) is 16.3 Å². The van der Waals surface area contributed by atoms with Crippen molar-refractivity contribution >= 4 is 23.3 Å². The number of carbonyl (C=O) groups excluding carboxylic acids is 2. The molecular weight excluding hydrogens is 502 g/mol. The highest BCUT2D eigenvalue weighted by Crippen LogP contribution is 2.36. The zero-order chi connectivity index (χ0) is 28.3. The molecule has 0 spiro atoms. The van der Waals surface area contributed by atoms with Gasteiger partial charge in [0, 0.05) is 29.7 Å². The first kappa shape index (κ1) is 28.1. The highest BCUT2D eigenvalue weighted by molar-refractivity contribution is 5.99. The third kappa shape index (κ3) is 6.45. The van der Waals surface area contributed by atoms with Crippen LogP contribution in [0.2, 0.25) is 0 Å². The van der Waals surface area contributed by atoms with Crippen LogP contribution in [-0.4, -0.2) is 47.4 Å². The van der Waals surface area contributed by atoms with E-state index >= 15 is 0 Å². The van der Waals surface area contributed by atoms with Crippen molar-refractivity contribution in [1.82, 2.24) is 15.1 Å². The standard InChI is InChI=1S/C32H41N5O3/c1-21-10-12-25(13-11-21)37-28(20-27(36-37)32(2,3)4)35-31(39)34-24-8-5-7-23(19-24)29(22-14-16-33-17-15-22)30(38)26-9-6-18-40-26/h5,7-8,10-13,19-20,22,26,29,33H,6,9,14-18H2,1-4H3,(H2,34,35,39). The molecule has 2 aliphatic heterocycles. The quantitative estimate of drug-likeness (QED) is 0.342.